The van der Waals surface area contributed by atoms with Crippen LogP contribution in [0.4, 0.5) is 0 Å². The van der Waals surface area contributed by atoms with Gasteiger partial charge in [-0.3, -0.25) is 9.59 Å². The van der Waals surface area contributed by atoms with Crippen LogP contribution >= 0.6 is 0 Å². The topological polar surface area (TPSA) is 57.6 Å². The molecule has 1 saturated heterocycles. The second kappa shape index (κ2) is 4.96. The van der Waals surface area contributed by atoms with Gasteiger partial charge in [-0.05, 0) is 19.8 Å². The lowest BCUT2D eigenvalue weighted by Crippen LogP contribution is -2.37. The van der Waals surface area contributed by atoms with Gasteiger partial charge >= 0.3 is 5.97 Å². The Morgan fingerprint density at radius 2 is 2.27 bits per heavy atom. The number of aliphatic carboxylic acids is 1. The molecule has 4 nitrogen and oxygen atoms in total. The van der Waals surface area contributed by atoms with Crippen LogP contribution in [-0.2, 0) is 9.59 Å². The average Bonchev–Trinajstić information content (AvgIpc) is 2.56. The Balaban J connectivity index is 2.55. The summed E-state index contributed by atoms with van der Waals surface area (Å²) in [5.41, 5.74) is 0. The highest BCUT2D eigenvalue weighted by molar-refractivity contribution is 5.79. The first-order valence-electron chi connectivity index (χ1n) is 5.21. The first kappa shape index (κ1) is 11.8. The van der Waals surface area contributed by atoms with Crippen molar-refractivity contribution in [3.63, 3.8) is 0 Å². The number of nitrogens with zero attached hydrogens (tertiary/aromatic N) is 1. The zero-order valence-electron chi connectivity index (χ0n) is 8.98. The number of hydrogen-bond donors (Lipinski definition) is 1. The van der Waals surface area contributed by atoms with Gasteiger partial charge in [0.1, 0.15) is 0 Å². The summed E-state index contributed by atoms with van der Waals surface area (Å²) in [5, 5.41) is 8.91. The van der Waals surface area contributed by atoms with E-state index in [0.29, 0.717) is 25.8 Å². The molecule has 15 heavy (non-hydrogen) atoms. The second-order valence-electron chi connectivity index (χ2n) is 3.89. The van der Waals surface area contributed by atoms with Gasteiger partial charge in [-0.1, -0.05) is 6.08 Å². The summed E-state index contributed by atoms with van der Waals surface area (Å²) in [4.78, 5) is 24.2. The fourth-order valence-electron chi connectivity index (χ4n) is 1.99. The summed E-state index contributed by atoms with van der Waals surface area (Å²) >= 11 is 0. The maximum Gasteiger partial charge on any atom is 0.308 e. The van der Waals surface area contributed by atoms with Crippen LogP contribution in [0.2, 0.25) is 0 Å². The van der Waals surface area contributed by atoms with Crippen LogP contribution in [0.3, 0.4) is 0 Å². The minimum atomic E-state index is -0.804. The van der Waals surface area contributed by atoms with E-state index in [0.717, 1.165) is 0 Å². The SMILES string of the molecule is C=CCCC(=O)N1CCC(C(=O)O)C1C. The average molecular weight is 211 g/mol. The number of carboxylic acid groups (broad SMARTS) is 1. The van der Waals surface area contributed by atoms with Gasteiger partial charge in [0.2, 0.25) is 5.91 Å². The Labute approximate surface area is 89.6 Å². The number of amides is 1. The number of carboxylic acids is 1. The molecule has 4 heteroatoms. The summed E-state index contributed by atoms with van der Waals surface area (Å²) in [6.45, 7) is 5.92. The minimum Gasteiger partial charge on any atom is -0.481 e. The van der Waals surface area contributed by atoms with Crippen LogP contribution in [0.15, 0.2) is 12.7 Å². The van der Waals surface area contributed by atoms with Crippen LogP contribution in [0.25, 0.3) is 0 Å². The maximum absolute atomic E-state index is 11.7. The molecule has 0 aromatic rings. The lowest BCUT2D eigenvalue weighted by Gasteiger charge is -2.23. The van der Waals surface area contributed by atoms with Gasteiger partial charge in [-0.25, -0.2) is 0 Å². The zero-order chi connectivity index (χ0) is 11.4. The van der Waals surface area contributed by atoms with E-state index < -0.39 is 11.9 Å². The van der Waals surface area contributed by atoms with Crippen molar-refractivity contribution in [2.75, 3.05) is 6.54 Å². The quantitative estimate of drug-likeness (QED) is 0.712. The highest BCUT2D eigenvalue weighted by Gasteiger charge is 2.37. The predicted octanol–water partition coefficient (Wildman–Crippen LogP) is 1.27. The molecule has 0 saturated carbocycles. The van der Waals surface area contributed by atoms with E-state index in [1.54, 1.807) is 17.9 Å². The van der Waals surface area contributed by atoms with Crippen molar-refractivity contribution in [2.24, 2.45) is 5.92 Å². The number of allylic oxidation sites excluding steroid dienone is 1. The van der Waals surface area contributed by atoms with Gasteiger partial charge in [-0.2, -0.15) is 0 Å². The fourth-order valence-corrected chi connectivity index (χ4v) is 1.99. The van der Waals surface area contributed by atoms with Crippen LogP contribution in [-0.4, -0.2) is 34.5 Å². The Morgan fingerprint density at radius 1 is 1.60 bits per heavy atom. The molecule has 0 aliphatic carbocycles. The van der Waals surface area contributed by atoms with E-state index in [2.05, 4.69) is 6.58 Å². The third-order valence-electron chi connectivity index (χ3n) is 2.95. The smallest absolute Gasteiger partial charge is 0.308 e. The highest BCUT2D eigenvalue weighted by atomic mass is 16.4. The lowest BCUT2D eigenvalue weighted by atomic mass is 10.0. The van der Waals surface area contributed by atoms with E-state index in [-0.39, 0.29) is 11.9 Å². The van der Waals surface area contributed by atoms with E-state index in [1.807, 2.05) is 0 Å². The summed E-state index contributed by atoms with van der Waals surface area (Å²) < 4.78 is 0. The Bertz CT molecular complexity index is 275. The first-order chi connectivity index (χ1) is 7.07. The van der Waals surface area contributed by atoms with Crippen LogP contribution in [0.1, 0.15) is 26.2 Å². The molecule has 0 aromatic carbocycles. The summed E-state index contributed by atoms with van der Waals surface area (Å²) in [6, 6.07) is -0.181. The molecule has 1 rings (SSSR count). The zero-order valence-corrected chi connectivity index (χ0v) is 8.98. The largest absolute Gasteiger partial charge is 0.481 e. The second-order valence-corrected chi connectivity index (χ2v) is 3.89. The predicted molar refractivity (Wildman–Crippen MR) is 56.3 cm³/mol. The first-order valence-corrected chi connectivity index (χ1v) is 5.21. The fraction of sp³-hybridized carbons (Fsp3) is 0.636. The molecule has 2 atom stereocenters. The van der Waals surface area contributed by atoms with Crippen molar-refractivity contribution in [3.05, 3.63) is 12.7 Å². The number of likely N-dealkylation sites (tertiary alicyclic amines) is 1. The lowest BCUT2D eigenvalue weighted by molar-refractivity contribution is -0.143. The molecule has 1 aliphatic rings. The van der Waals surface area contributed by atoms with Crippen LogP contribution in [0.5, 0.6) is 0 Å². The van der Waals surface area contributed by atoms with E-state index in [9.17, 15) is 9.59 Å². The molecular formula is C11H17NO3. The molecule has 2 unspecified atom stereocenters. The molecule has 1 fully saturated rings. The number of hydrogen-bond acceptors (Lipinski definition) is 2. The number of rotatable bonds is 4. The van der Waals surface area contributed by atoms with Gasteiger partial charge in [0.05, 0.1) is 5.92 Å². The van der Waals surface area contributed by atoms with Crippen molar-refractivity contribution in [1.82, 2.24) is 4.90 Å². The van der Waals surface area contributed by atoms with Crippen molar-refractivity contribution in [1.29, 1.82) is 0 Å². The molecule has 1 aliphatic heterocycles. The third-order valence-corrected chi connectivity index (χ3v) is 2.95. The number of carbonyl (C=O) groups excluding carboxylic acids is 1. The van der Waals surface area contributed by atoms with Crippen LogP contribution in [0, 0.1) is 5.92 Å². The normalized spacial score (nSPS) is 25.3. The molecule has 84 valence electrons. The monoisotopic (exact) mass is 211 g/mol. The highest BCUT2D eigenvalue weighted by Crippen LogP contribution is 2.25. The van der Waals surface area contributed by atoms with Crippen LogP contribution < -0.4 is 0 Å². The Kier molecular flexibility index (Phi) is 3.88. The van der Waals surface area contributed by atoms with Crippen molar-refractivity contribution < 1.29 is 14.7 Å². The van der Waals surface area contributed by atoms with Gasteiger partial charge in [0.15, 0.2) is 0 Å². The molecule has 1 N–H and O–H groups in total. The van der Waals surface area contributed by atoms with Crippen molar-refractivity contribution >= 4 is 11.9 Å². The van der Waals surface area contributed by atoms with Crippen molar-refractivity contribution in [2.45, 2.75) is 32.2 Å². The molecule has 1 amide bonds. The van der Waals surface area contributed by atoms with Crippen molar-refractivity contribution in [3.8, 4) is 0 Å². The Morgan fingerprint density at radius 3 is 2.73 bits per heavy atom. The van der Waals surface area contributed by atoms with Gasteiger partial charge < -0.3 is 10.0 Å². The summed E-state index contributed by atoms with van der Waals surface area (Å²) in [7, 11) is 0. The van der Waals surface area contributed by atoms with Gasteiger partial charge in [-0.15, -0.1) is 6.58 Å². The molecule has 0 radical (unpaired) electrons. The van der Waals surface area contributed by atoms with E-state index in [4.69, 9.17) is 5.11 Å². The maximum atomic E-state index is 11.7. The summed E-state index contributed by atoms with van der Waals surface area (Å²) in [5.74, 6) is -1.18. The molecule has 1 heterocycles. The standard InChI is InChI=1S/C11H17NO3/c1-3-4-5-10(13)12-7-6-9(8(12)2)11(14)15/h3,8-9H,1,4-7H2,2H3,(H,14,15). The van der Waals surface area contributed by atoms with Gasteiger partial charge in [0.25, 0.3) is 0 Å². The van der Waals surface area contributed by atoms with Gasteiger partial charge in [0, 0.05) is 19.0 Å². The molecule has 0 spiro atoms. The van der Waals surface area contributed by atoms with E-state index >= 15 is 0 Å². The summed E-state index contributed by atoms with van der Waals surface area (Å²) in [6.07, 6.45) is 3.35. The van der Waals surface area contributed by atoms with E-state index in [1.165, 1.54) is 0 Å². The Hall–Kier alpha value is -1.32. The number of carbonyl (C=O) groups is 2. The minimum absolute atomic E-state index is 0.0335. The molecule has 0 bridgehead atoms. The molecule has 0 aromatic heterocycles. The third kappa shape index (κ3) is 2.58. The molecular weight excluding hydrogens is 194 g/mol.